The fourth-order valence-electron chi connectivity index (χ4n) is 2.67. The van der Waals surface area contributed by atoms with Crippen molar-refractivity contribution >= 4 is 29.0 Å². The number of thiophene rings is 2. The summed E-state index contributed by atoms with van der Waals surface area (Å²) in [6.45, 7) is 0. The summed E-state index contributed by atoms with van der Waals surface area (Å²) in [7, 11) is 0. The van der Waals surface area contributed by atoms with Crippen LogP contribution in [0.5, 0.6) is 0 Å². The van der Waals surface area contributed by atoms with Gasteiger partial charge in [-0.25, -0.2) is 4.39 Å². The first-order valence-electron chi connectivity index (χ1n) is 7.33. The van der Waals surface area contributed by atoms with Crippen molar-refractivity contribution < 1.29 is 9.18 Å². The van der Waals surface area contributed by atoms with Gasteiger partial charge in [-0.2, -0.15) is 0 Å². The molecule has 0 fully saturated rings. The van der Waals surface area contributed by atoms with E-state index in [0.29, 0.717) is 4.88 Å². The Kier molecular flexibility index (Phi) is 3.88. The smallest absolute Gasteiger partial charge is 0.160 e. The summed E-state index contributed by atoms with van der Waals surface area (Å²) in [6, 6.07) is 18.4. The third-order valence-electron chi connectivity index (χ3n) is 3.73. The minimum Gasteiger partial charge on any atom is -0.308 e. The zero-order valence-electron chi connectivity index (χ0n) is 12.5. The van der Waals surface area contributed by atoms with Crippen LogP contribution in [0.15, 0.2) is 66.0 Å². The lowest BCUT2D eigenvalue weighted by molar-refractivity contribution is 0.112. The lowest BCUT2D eigenvalue weighted by atomic mass is 10.2. The van der Waals surface area contributed by atoms with E-state index in [0.717, 1.165) is 33.1 Å². The molecule has 0 N–H and O–H groups in total. The molecule has 0 aliphatic heterocycles. The Morgan fingerprint density at radius 3 is 2.25 bits per heavy atom. The van der Waals surface area contributed by atoms with Crippen LogP contribution in [-0.4, -0.2) is 10.9 Å². The van der Waals surface area contributed by atoms with Crippen LogP contribution in [0.1, 0.15) is 9.67 Å². The lowest BCUT2D eigenvalue weighted by Crippen LogP contribution is -1.98. The van der Waals surface area contributed by atoms with E-state index < -0.39 is 0 Å². The molecule has 118 valence electrons. The first-order valence-corrected chi connectivity index (χ1v) is 9.03. The maximum Gasteiger partial charge on any atom is 0.160 e. The third-order valence-corrected chi connectivity index (χ3v) is 5.66. The van der Waals surface area contributed by atoms with Crippen LogP contribution in [0.3, 0.4) is 0 Å². The van der Waals surface area contributed by atoms with Crippen LogP contribution < -0.4 is 0 Å². The van der Waals surface area contributed by atoms with Gasteiger partial charge in [0.2, 0.25) is 0 Å². The Morgan fingerprint density at radius 2 is 1.62 bits per heavy atom. The van der Waals surface area contributed by atoms with Gasteiger partial charge in [0.15, 0.2) is 6.29 Å². The maximum absolute atomic E-state index is 13.3. The molecule has 0 atom stereocenters. The Balaban J connectivity index is 1.94. The fraction of sp³-hybridized carbons (Fsp3) is 0. The number of hydrogen-bond acceptors (Lipinski definition) is 3. The molecule has 0 saturated carbocycles. The van der Waals surface area contributed by atoms with Crippen LogP contribution in [0.4, 0.5) is 4.39 Å². The molecule has 4 aromatic rings. The van der Waals surface area contributed by atoms with Crippen molar-refractivity contribution in [3.63, 3.8) is 0 Å². The highest BCUT2D eigenvalue weighted by atomic mass is 32.1. The van der Waals surface area contributed by atoms with Gasteiger partial charge >= 0.3 is 0 Å². The van der Waals surface area contributed by atoms with Crippen molar-refractivity contribution in [3.05, 3.63) is 76.7 Å². The summed E-state index contributed by atoms with van der Waals surface area (Å²) in [5, 5.41) is 2.03. The van der Waals surface area contributed by atoms with Gasteiger partial charge in [-0.15, -0.1) is 22.7 Å². The van der Waals surface area contributed by atoms with Crippen molar-refractivity contribution in [2.45, 2.75) is 0 Å². The Hall–Kier alpha value is -2.50. The molecular weight excluding hydrogens is 341 g/mol. The van der Waals surface area contributed by atoms with Crippen LogP contribution in [-0.2, 0) is 0 Å². The summed E-state index contributed by atoms with van der Waals surface area (Å²) in [5.74, 6) is -0.260. The van der Waals surface area contributed by atoms with E-state index in [1.54, 1.807) is 23.5 Å². The average molecular weight is 353 g/mol. The minimum atomic E-state index is -0.260. The maximum atomic E-state index is 13.3. The fourth-order valence-corrected chi connectivity index (χ4v) is 4.25. The monoisotopic (exact) mass is 353 g/mol. The Bertz CT molecular complexity index is 981. The normalized spacial score (nSPS) is 10.9. The van der Waals surface area contributed by atoms with Gasteiger partial charge in [0.05, 0.1) is 26.0 Å². The van der Waals surface area contributed by atoms with E-state index >= 15 is 0 Å². The molecule has 0 saturated heterocycles. The molecule has 1 aromatic carbocycles. The van der Waals surface area contributed by atoms with E-state index in [-0.39, 0.29) is 5.82 Å². The molecule has 0 spiro atoms. The molecular formula is C19H12FNOS2. The average Bonchev–Trinajstić information content (AvgIpc) is 3.34. The number of aldehydes is 1. The molecule has 0 radical (unpaired) electrons. The molecule has 3 aromatic heterocycles. The summed E-state index contributed by atoms with van der Waals surface area (Å²) in [4.78, 5) is 13.8. The largest absolute Gasteiger partial charge is 0.308 e. The first kappa shape index (κ1) is 15.1. The standard InChI is InChI=1S/C19H12FNOS2/c20-13-3-5-14(6-4-13)21-16(18-2-1-11-23-18)8-9-17(21)19-10-7-15(12-22)24-19/h1-12H. The number of aromatic nitrogens is 1. The van der Waals surface area contributed by atoms with Gasteiger partial charge in [0, 0.05) is 5.69 Å². The summed E-state index contributed by atoms with van der Waals surface area (Å²) >= 11 is 3.11. The molecule has 2 nitrogen and oxygen atoms in total. The highest BCUT2D eigenvalue weighted by molar-refractivity contribution is 7.17. The Morgan fingerprint density at radius 1 is 0.875 bits per heavy atom. The van der Waals surface area contributed by atoms with Crippen LogP contribution in [0, 0.1) is 5.82 Å². The zero-order valence-corrected chi connectivity index (χ0v) is 14.1. The van der Waals surface area contributed by atoms with Gasteiger partial charge in [-0.3, -0.25) is 4.79 Å². The third kappa shape index (κ3) is 2.62. The molecule has 0 aliphatic rings. The second-order valence-electron chi connectivity index (χ2n) is 5.21. The molecule has 3 heterocycles. The molecule has 4 rings (SSSR count). The van der Waals surface area contributed by atoms with Gasteiger partial charge in [0.25, 0.3) is 0 Å². The number of carbonyl (C=O) groups is 1. The molecule has 0 aliphatic carbocycles. The molecule has 0 unspecified atom stereocenters. The lowest BCUT2D eigenvalue weighted by Gasteiger charge is -2.12. The van der Waals surface area contributed by atoms with Gasteiger partial charge in [-0.05, 0) is 60.0 Å². The van der Waals surface area contributed by atoms with Crippen molar-refractivity contribution in [1.29, 1.82) is 0 Å². The quantitative estimate of drug-likeness (QED) is 0.420. The topological polar surface area (TPSA) is 22.0 Å². The van der Waals surface area contributed by atoms with Crippen LogP contribution >= 0.6 is 22.7 Å². The predicted octanol–water partition coefficient (Wildman–Crippen LogP) is 5.89. The van der Waals surface area contributed by atoms with Crippen molar-refractivity contribution in [3.8, 4) is 26.8 Å². The van der Waals surface area contributed by atoms with Gasteiger partial charge in [0.1, 0.15) is 5.82 Å². The number of carbonyl (C=O) groups excluding carboxylic acids is 1. The van der Waals surface area contributed by atoms with Crippen LogP contribution in [0.25, 0.3) is 26.8 Å². The van der Waals surface area contributed by atoms with E-state index in [4.69, 9.17) is 0 Å². The highest BCUT2D eigenvalue weighted by Crippen LogP contribution is 2.36. The highest BCUT2D eigenvalue weighted by Gasteiger charge is 2.15. The minimum absolute atomic E-state index is 0.260. The first-order chi connectivity index (χ1) is 11.8. The number of hydrogen-bond donors (Lipinski definition) is 0. The molecule has 24 heavy (non-hydrogen) atoms. The number of nitrogens with zero attached hydrogens (tertiary/aromatic N) is 1. The van der Waals surface area contributed by atoms with Crippen molar-refractivity contribution in [2.24, 2.45) is 0 Å². The van der Waals surface area contributed by atoms with E-state index in [9.17, 15) is 9.18 Å². The second kappa shape index (κ2) is 6.19. The SMILES string of the molecule is O=Cc1ccc(-c2ccc(-c3cccs3)n2-c2ccc(F)cc2)s1. The number of halogens is 1. The van der Waals surface area contributed by atoms with Crippen molar-refractivity contribution in [1.82, 2.24) is 4.57 Å². The zero-order chi connectivity index (χ0) is 16.5. The Labute approximate surface area is 146 Å². The predicted molar refractivity (Wildman–Crippen MR) is 97.7 cm³/mol. The molecule has 0 bridgehead atoms. The van der Waals surface area contributed by atoms with Gasteiger partial charge in [-0.1, -0.05) is 6.07 Å². The molecule has 0 amide bonds. The summed E-state index contributed by atoms with van der Waals surface area (Å²) < 4.78 is 15.4. The number of benzene rings is 1. The van der Waals surface area contributed by atoms with Crippen molar-refractivity contribution in [2.75, 3.05) is 0 Å². The summed E-state index contributed by atoms with van der Waals surface area (Å²) in [5.41, 5.74) is 2.93. The second-order valence-corrected chi connectivity index (χ2v) is 7.28. The van der Waals surface area contributed by atoms with E-state index in [1.807, 2.05) is 29.6 Å². The summed E-state index contributed by atoms with van der Waals surface area (Å²) in [6.07, 6.45) is 0.861. The van der Waals surface area contributed by atoms with E-state index in [1.165, 1.54) is 23.5 Å². The molecule has 5 heteroatoms. The van der Waals surface area contributed by atoms with Gasteiger partial charge < -0.3 is 4.57 Å². The van der Waals surface area contributed by atoms with Crippen LogP contribution in [0.2, 0.25) is 0 Å². The van der Waals surface area contributed by atoms with E-state index in [2.05, 4.69) is 16.7 Å². The number of rotatable bonds is 4.